The van der Waals surface area contributed by atoms with Crippen LogP contribution in [0.4, 0.5) is 17.6 Å². The summed E-state index contributed by atoms with van der Waals surface area (Å²) in [5.74, 6) is -0.681. The fourth-order valence-corrected chi connectivity index (χ4v) is 2.75. The molecule has 0 fully saturated rings. The fraction of sp³-hybridized carbons (Fsp3) is 0.294. The van der Waals surface area contributed by atoms with Crippen LogP contribution in [0, 0.1) is 5.82 Å². The molecule has 1 heterocycles. The number of halogens is 5. The number of ether oxygens (including phenoxy) is 1. The number of nitrogens with one attached hydrogen (secondary N) is 1. The molecule has 2 aromatic rings. The van der Waals surface area contributed by atoms with Crippen molar-refractivity contribution in [3.8, 4) is 11.4 Å². The Morgan fingerprint density at radius 1 is 1.17 bits per heavy atom. The number of hydroxylamine groups is 1. The molecule has 12 heteroatoms. The van der Waals surface area contributed by atoms with Crippen molar-refractivity contribution in [1.82, 2.24) is 14.6 Å². The summed E-state index contributed by atoms with van der Waals surface area (Å²) in [5, 5.41) is 0. The molecule has 0 radical (unpaired) electrons. The number of hydrogen-bond acceptors (Lipinski definition) is 5. The van der Waals surface area contributed by atoms with Crippen LogP contribution in [0.15, 0.2) is 43.7 Å². The van der Waals surface area contributed by atoms with Gasteiger partial charge in [-0.3, -0.25) is 19.7 Å². The molecular weight excluding hydrogens is 466 g/mol. The number of nitrogens with zero attached hydrogens (tertiary/aromatic N) is 2. The molecule has 1 aromatic carbocycles. The molecule has 0 aliphatic rings. The SMILES string of the molecule is CONC(C)=C(C)Oc1cc(-n2c(=O)cc(C(F)(F)F)n(C)c2=O)c(F)cc1Br. The Morgan fingerprint density at radius 3 is 2.34 bits per heavy atom. The lowest BCUT2D eigenvalue weighted by Gasteiger charge is -2.16. The zero-order chi connectivity index (χ0) is 22.1. The summed E-state index contributed by atoms with van der Waals surface area (Å²) in [6.45, 7) is 3.20. The van der Waals surface area contributed by atoms with Crippen LogP contribution in [-0.2, 0) is 18.1 Å². The Hall–Kier alpha value is -2.60. The Labute approximate surface area is 170 Å². The van der Waals surface area contributed by atoms with Gasteiger partial charge in [0.2, 0.25) is 0 Å². The van der Waals surface area contributed by atoms with Gasteiger partial charge in [0.15, 0.2) is 0 Å². The highest BCUT2D eigenvalue weighted by Crippen LogP contribution is 2.31. The van der Waals surface area contributed by atoms with Crippen molar-refractivity contribution in [1.29, 1.82) is 0 Å². The zero-order valence-corrected chi connectivity index (χ0v) is 17.2. The van der Waals surface area contributed by atoms with E-state index in [1.54, 1.807) is 13.8 Å². The van der Waals surface area contributed by atoms with E-state index < -0.39 is 34.6 Å². The molecule has 0 amide bonds. The molecule has 0 saturated heterocycles. The van der Waals surface area contributed by atoms with Crippen molar-refractivity contribution in [3.05, 3.63) is 66.5 Å². The van der Waals surface area contributed by atoms with E-state index in [9.17, 15) is 27.2 Å². The van der Waals surface area contributed by atoms with Crippen LogP contribution in [0.5, 0.6) is 5.75 Å². The molecule has 0 aliphatic carbocycles. The highest BCUT2D eigenvalue weighted by atomic mass is 79.9. The molecule has 29 heavy (non-hydrogen) atoms. The predicted octanol–water partition coefficient (Wildman–Crippen LogP) is 3.24. The monoisotopic (exact) mass is 481 g/mol. The van der Waals surface area contributed by atoms with E-state index >= 15 is 0 Å². The maximum atomic E-state index is 14.5. The minimum Gasteiger partial charge on any atom is -0.459 e. The van der Waals surface area contributed by atoms with E-state index in [1.807, 2.05) is 0 Å². The van der Waals surface area contributed by atoms with E-state index in [4.69, 9.17) is 9.57 Å². The third-order valence-corrected chi connectivity index (χ3v) is 4.52. The van der Waals surface area contributed by atoms with Gasteiger partial charge in [0.05, 0.1) is 23.0 Å². The summed E-state index contributed by atoms with van der Waals surface area (Å²) in [7, 11) is 2.22. The van der Waals surface area contributed by atoms with Crippen molar-refractivity contribution in [2.24, 2.45) is 7.05 Å². The molecule has 0 bridgehead atoms. The average Bonchev–Trinajstić information content (AvgIpc) is 2.60. The van der Waals surface area contributed by atoms with E-state index in [0.29, 0.717) is 16.0 Å². The third kappa shape index (κ3) is 4.70. The first kappa shape index (κ1) is 22.7. The summed E-state index contributed by atoms with van der Waals surface area (Å²) in [5.41, 5.74) is -1.69. The summed E-state index contributed by atoms with van der Waals surface area (Å²) in [6.07, 6.45) is -4.92. The van der Waals surface area contributed by atoms with E-state index in [-0.39, 0.29) is 20.9 Å². The quantitative estimate of drug-likeness (QED) is 0.403. The summed E-state index contributed by atoms with van der Waals surface area (Å²) >= 11 is 3.10. The Kier molecular flexibility index (Phi) is 6.58. The second-order valence-corrected chi connectivity index (χ2v) is 6.72. The van der Waals surface area contributed by atoms with Crippen molar-refractivity contribution >= 4 is 15.9 Å². The topological polar surface area (TPSA) is 74.5 Å². The first-order valence-corrected chi connectivity index (χ1v) is 8.71. The zero-order valence-electron chi connectivity index (χ0n) is 15.6. The summed E-state index contributed by atoms with van der Waals surface area (Å²) in [6, 6.07) is 2.18. The minimum absolute atomic E-state index is 0.0185. The number of benzene rings is 1. The standard InChI is InChI=1S/C17H16BrF4N3O4/c1-8(23-28-4)9(2)29-13-6-12(11(19)5-10(13)18)25-15(26)7-14(17(20,21)22)24(3)16(25)27/h5-7,23H,1-4H3. The van der Waals surface area contributed by atoms with Gasteiger partial charge in [-0.15, -0.1) is 0 Å². The molecule has 0 aliphatic heterocycles. The summed E-state index contributed by atoms with van der Waals surface area (Å²) < 4.78 is 59.7. The molecule has 0 atom stereocenters. The van der Waals surface area contributed by atoms with Gasteiger partial charge in [0, 0.05) is 19.2 Å². The van der Waals surface area contributed by atoms with E-state index in [2.05, 4.69) is 21.4 Å². The van der Waals surface area contributed by atoms with Gasteiger partial charge in [-0.1, -0.05) is 0 Å². The van der Waals surface area contributed by atoms with E-state index in [0.717, 1.165) is 19.2 Å². The van der Waals surface area contributed by atoms with Gasteiger partial charge in [0.1, 0.15) is 23.0 Å². The largest absolute Gasteiger partial charge is 0.459 e. The van der Waals surface area contributed by atoms with Gasteiger partial charge in [-0.2, -0.15) is 13.2 Å². The molecule has 0 spiro atoms. The number of alkyl halides is 3. The molecule has 158 valence electrons. The van der Waals surface area contributed by atoms with E-state index in [1.165, 1.54) is 7.11 Å². The molecule has 7 nitrogen and oxygen atoms in total. The van der Waals surface area contributed by atoms with Gasteiger partial charge >= 0.3 is 11.9 Å². The lowest BCUT2D eigenvalue weighted by atomic mass is 10.2. The van der Waals surface area contributed by atoms with Crippen LogP contribution in [0.2, 0.25) is 0 Å². The smallest absolute Gasteiger partial charge is 0.431 e. The molecule has 0 unspecified atom stereocenters. The maximum absolute atomic E-state index is 14.5. The van der Waals surface area contributed by atoms with Gasteiger partial charge in [-0.25, -0.2) is 13.8 Å². The number of allylic oxidation sites excluding steroid dienone is 2. The molecule has 1 N–H and O–H groups in total. The summed E-state index contributed by atoms with van der Waals surface area (Å²) in [4.78, 5) is 29.4. The first-order chi connectivity index (χ1) is 13.4. The highest BCUT2D eigenvalue weighted by molar-refractivity contribution is 9.10. The predicted molar refractivity (Wildman–Crippen MR) is 99.1 cm³/mol. The fourth-order valence-electron chi connectivity index (χ4n) is 2.35. The average molecular weight is 482 g/mol. The second-order valence-electron chi connectivity index (χ2n) is 5.87. The molecular formula is C17H16BrF4N3O4. The van der Waals surface area contributed by atoms with Crippen LogP contribution < -0.4 is 21.5 Å². The number of rotatable bonds is 5. The van der Waals surface area contributed by atoms with Gasteiger partial charge in [0.25, 0.3) is 5.56 Å². The normalized spacial score (nSPS) is 12.6. The molecule has 1 aromatic heterocycles. The van der Waals surface area contributed by atoms with Crippen LogP contribution in [-0.4, -0.2) is 16.2 Å². The van der Waals surface area contributed by atoms with Crippen LogP contribution in [0.1, 0.15) is 19.5 Å². The maximum Gasteiger partial charge on any atom is 0.431 e. The van der Waals surface area contributed by atoms with Crippen LogP contribution >= 0.6 is 15.9 Å². The lowest BCUT2D eigenvalue weighted by Crippen LogP contribution is -2.41. The van der Waals surface area contributed by atoms with Crippen molar-refractivity contribution in [2.75, 3.05) is 7.11 Å². The second kappa shape index (κ2) is 8.41. The van der Waals surface area contributed by atoms with Gasteiger partial charge < -0.3 is 4.74 Å². The van der Waals surface area contributed by atoms with Crippen molar-refractivity contribution in [2.45, 2.75) is 20.0 Å². The Morgan fingerprint density at radius 2 is 1.79 bits per heavy atom. The van der Waals surface area contributed by atoms with Crippen LogP contribution in [0.3, 0.4) is 0 Å². The highest BCUT2D eigenvalue weighted by Gasteiger charge is 2.35. The molecule has 2 rings (SSSR count). The number of aromatic nitrogens is 2. The first-order valence-electron chi connectivity index (χ1n) is 7.92. The number of hydrogen-bond donors (Lipinski definition) is 1. The van der Waals surface area contributed by atoms with Crippen molar-refractivity contribution < 1.29 is 27.1 Å². The Bertz CT molecular complexity index is 1090. The molecule has 0 saturated carbocycles. The lowest BCUT2D eigenvalue weighted by molar-refractivity contribution is -0.144. The minimum atomic E-state index is -4.92. The van der Waals surface area contributed by atoms with Crippen molar-refractivity contribution in [3.63, 3.8) is 0 Å². The van der Waals surface area contributed by atoms with Crippen LogP contribution in [0.25, 0.3) is 5.69 Å². The Balaban J connectivity index is 2.69. The third-order valence-electron chi connectivity index (χ3n) is 3.90. The van der Waals surface area contributed by atoms with Gasteiger partial charge in [-0.05, 0) is 35.8 Å².